The Balaban J connectivity index is 1.53. The SMILES string of the molecule is CC(C)C[C@H]1OC(C)(C)N(CN)[C@@]1(Cc1ccc(OCc2ccc(F)cc2)cc1)S(=O)(=O)c1ccc2c(c1)OCO2. The van der Waals surface area contributed by atoms with Crippen LogP contribution in [0.2, 0.25) is 0 Å². The molecule has 1 saturated heterocycles. The fourth-order valence-corrected chi connectivity index (χ4v) is 8.13. The average Bonchev–Trinajstić information content (AvgIpc) is 3.48. The smallest absolute Gasteiger partial charge is 0.231 e. The Hall–Kier alpha value is -3.18. The van der Waals surface area contributed by atoms with Crippen LogP contribution in [-0.2, 0) is 27.6 Å². The summed E-state index contributed by atoms with van der Waals surface area (Å²) in [6, 6.07) is 18.2. The first kappa shape index (κ1) is 29.3. The molecule has 2 heterocycles. The Morgan fingerprint density at radius 2 is 1.66 bits per heavy atom. The summed E-state index contributed by atoms with van der Waals surface area (Å²) < 4.78 is 66.3. The second-order valence-corrected chi connectivity index (χ2v) is 13.6. The summed E-state index contributed by atoms with van der Waals surface area (Å²) in [4.78, 5) is 0.389. The van der Waals surface area contributed by atoms with E-state index in [0.717, 1.165) is 11.1 Å². The lowest BCUT2D eigenvalue weighted by molar-refractivity contribution is -0.0786. The molecule has 0 saturated carbocycles. The molecule has 3 aromatic rings. The van der Waals surface area contributed by atoms with Crippen LogP contribution in [0.1, 0.15) is 45.2 Å². The highest BCUT2D eigenvalue weighted by Crippen LogP contribution is 2.50. The van der Waals surface area contributed by atoms with Crippen molar-refractivity contribution in [2.45, 2.75) is 68.7 Å². The van der Waals surface area contributed by atoms with Crippen LogP contribution in [0, 0.1) is 11.7 Å². The molecule has 220 valence electrons. The van der Waals surface area contributed by atoms with Crippen LogP contribution in [0.4, 0.5) is 4.39 Å². The zero-order chi connectivity index (χ0) is 29.4. The third-order valence-corrected chi connectivity index (χ3v) is 10.2. The molecule has 3 aromatic carbocycles. The molecule has 41 heavy (non-hydrogen) atoms. The van der Waals surface area contributed by atoms with E-state index in [9.17, 15) is 12.8 Å². The summed E-state index contributed by atoms with van der Waals surface area (Å²) in [5.41, 5.74) is 7.01. The van der Waals surface area contributed by atoms with Crippen molar-refractivity contribution in [2.75, 3.05) is 13.5 Å². The number of sulfone groups is 1. The van der Waals surface area contributed by atoms with Crippen molar-refractivity contribution >= 4 is 9.84 Å². The fraction of sp³-hybridized carbons (Fsp3) is 0.419. The molecule has 2 N–H and O–H groups in total. The highest BCUT2D eigenvalue weighted by molar-refractivity contribution is 7.92. The van der Waals surface area contributed by atoms with Gasteiger partial charge in [0.2, 0.25) is 16.6 Å². The van der Waals surface area contributed by atoms with Crippen LogP contribution in [0.25, 0.3) is 0 Å². The van der Waals surface area contributed by atoms with Gasteiger partial charge in [0, 0.05) is 19.2 Å². The summed E-state index contributed by atoms with van der Waals surface area (Å²) in [6.07, 6.45) is -0.00586. The second kappa shape index (κ2) is 11.2. The summed E-state index contributed by atoms with van der Waals surface area (Å²) in [6.45, 7) is 8.11. The minimum absolute atomic E-state index is 0.0236. The Labute approximate surface area is 241 Å². The third kappa shape index (κ3) is 5.53. The molecule has 0 radical (unpaired) electrons. The van der Waals surface area contributed by atoms with Gasteiger partial charge in [-0.25, -0.2) is 17.7 Å². The van der Waals surface area contributed by atoms with Gasteiger partial charge in [0.05, 0.1) is 11.0 Å². The quantitative estimate of drug-likeness (QED) is 0.345. The van der Waals surface area contributed by atoms with E-state index in [-0.39, 0.29) is 43.1 Å². The zero-order valence-corrected chi connectivity index (χ0v) is 24.6. The Kier molecular flexibility index (Phi) is 8.04. The number of ether oxygens (including phenoxy) is 4. The van der Waals surface area contributed by atoms with Crippen molar-refractivity contribution in [3.05, 3.63) is 83.7 Å². The number of benzene rings is 3. The molecule has 2 aliphatic heterocycles. The van der Waals surface area contributed by atoms with Gasteiger partial charge in [0.1, 0.15) is 23.9 Å². The monoisotopic (exact) mass is 584 g/mol. The van der Waals surface area contributed by atoms with E-state index in [1.54, 1.807) is 29.2 Å². The first-order chi connectivity index (χ1) is 19.5. The molecule has 2 atom stereocenters. The molecule has 2 aliphatic rings. The number of nitrogens with zero attached hydrogens (tertiary/aromatic N) is 1. The Bertz CT molecular complexity index is 1480. The second-order valence-electron chi connectivity index (χ2n) is 11.4. The van der Waals surface area contributed by atoms with Crippen LogP contribution in [0.15, 0.2) is 71.6 Å². The van der Waals surface area contributed by atoms with Crippen molar-refractivity contribution in [1.29, 1.82) is 0 Å². The molecule has 8 nitrogen and oxygen atoms in total. The van der Waals surface area contributed by atoms with Crippen LogP contribution < -0.4 is 19.9 Å². The summed E-state index contributed by atoms with van der Waals surface area (Å²) in [7, 11) is -4.08. The van der Waals surface area contributed by atoms with E-state index in [4.69, 9.17) is 24.7 Å². The fourth-order valence-electron chi connectivity index (χ4n) is 5.78. The van der Waals surface area contributed by atoms with Crippen LogP contribution >= 0.6 is 0 Å². The summed E-state index contributed by atoms with van der Waals surface area (Å²) >= 11 is 0. The molecule has 0 aliphatic carbocycles. The van der Waals surface area contributed by atoms with E-state index in [2.05, 4.69) is 0 Å². The van der Waals surface area contributed by atoms with E-state index >= 15 is 0 Å². The van der Waals surface area contributed by atoms with Crippen LogP contribution in [-0.4, -0.2) is 43.5 Å². The lowest BCUT2D eigenvalue weighted by atomic mass is 9.93. The molecule has 0 unspecified atom stereocenters. The average molecular weight is 585 g/mol. The molecular formula is C31H37FN2O6S. The van der Waals surface area contributed by atoms with Crippen molar-refractivity contribution in [1.82, 2.24) is 4.90 Å². The Morgan fingerprint density at radius 3 is 2.32 bits per heavy atom. The van der Waals surface area contributed by atoms with Gasteiger partial charge in [-0.15, -0.1) is 0 Å². The standard InChI is InChI=1S/C31H37FN2O6S/c1-21(2)15-29-31(34(19-33)30(3,4)40-29,41(35,36)26-13-14-27-28(16-26)39-20-38-27)17-22-7-11-25(12-8-22)37-18-23-5-9-24(32)10-6-23/h5-14,16,21,29H,15,17-20,33H2,1-4H3/t29-,31+/m1/s1. The lowest BCUT2D eigenvalue weighted by Crippen LogP contribution is -2.62. The first-order valence-electron chi connectivity index (χ1n) is 13.7. The number of nitrogens with two attached hydrogens (primary N) is 1. The lowest BCUT2D eigenvalue weighted by Gasteiger charge is -2.42. The van der Waals surface area contributed by atoms with Gasteiger partial charge in [-0.2, -0.15) is 0 Å². The van der Waals surface area contributed by atoms with Gasteiger partial charge in [-0.1, -0.05) is 38.1 Å². The van der Waals surface area contributed by atoms with E-state index < -0.39 is 26.5 Å². The van der Waals surface area contributed by atoms with Crippen molar-refractivity contribution in [3.8, 4) is 17.2 Å². The van der Waals surface area contributed by atoms with Crippen LogP contribution in [0.5, 0.6) is 17.2 Å². The topological polar surface area (TPSA) is 100 Å². The zero-order valence-electron chi connectivity index (χ0n) is 23.8. The number of fused-ring (bicyclic) bond motifs is 1. The summed E-state index contributed by atoms with van der Waals surface area (Å²) in [5, 5.41) is 0. The van der Waals surface area contributed by atoms with E-state index in [1.807, 2.05) is 52.0 Å². The Morgan fingerprint density at radius 1 is 1.00 bits per heavy atom. The van der Waals surface area contributed by atoms with Gasteiger partial charge in [0.25, 0.3) is 0 Å². The summed E-state index contributed by atoms with van der Waals surface area (Å²) in [5.74, 6) is 1.38. The highest BCUT2D eigenvalue weighted by atomic mass is 32.2. The van der Waals surface area contributed by atoms with Crippen molar-refractivity contribution in [3.63, 3.8) is 0 Å². The minimum Gasteiger partial charge on any atom is -0.489 e. The minimum atomic E-state index is -4.08. The number of hydrogen-bond acceptors (Lipinski definition) is 8. The van der Waals surface area contributed by atoms with Gasteiger partial charge in [-0.05, 0) is 73.7 Å². The third-order valence-electron chi connectivity index (χ3n) is 7.73. The molecule has 5 rings (SSSR count). The van der Waals surface area contributed by atoms with Crippen molar-refractivity contribution in [2.24, 2.45) is 11.7 Å². The molecule has 0 spiro atoms. The van der Waals surface area contributed by atoms with Gasteiger partial charge < -0.3 is 24.7 Å². The molecule has 10 heteroatoms. The molecule has 1 fully saturated rings. The normalized spacial score (nSPS) is 21.9. The molecule has 0 bridgehead atoms. The maximum absolute atomic E-state index is 14.8. The maximum Gasteiger partial charge on any atom is 0.231 e. The number of rotatable bonds is 10. The molecule has 0 amide bonds. The molecule has 0 aromatic heterocycles. The predicted octanol–water partition coefficient (Wildman–Crippen LogP) is 5.25. The predicted molar refractivity (Wildman–Crippen MR) is 153 cm³/mol. The largest absolute Gasteiger partial charge is 0.489 e. The number of halogens is 1. The van der Waals surface area contributed by atoms with Gasteiger partial charge in [-0.3, -0.25) is 0 Å². The van der Waals surface area contributed by atoms with Crippen molar-refractivity contribution < 1.29 is 31.8 Å². The van der Waals surface area contributed by atoms with Crippen LogP contribution in [0.3, 0.4) is 0 Å². The number of hydrogen-bond donors (Lipinski definition) is 1. The van der Waals surface area contributed by atoms with E-state index in [1.165, 1.54) is 18.2 Å². The molecular weight excluding hydrogens is 547 g/mol. The maximum atomic E-state index is 14.8. The van der Waals surface area contributed by atoms with Gasteiger partial charge in [0.15, 0.2) is 16.4 Å². The highest BCUT2D eigenvalue weighted by Gasteiger charge is 2.65. The van der Waals surface area contributed by atoms with Gasteiger partial charge >= 0.3 is 0 Å². The first-order valence-corrected chi connectivity index (χ1v) is 15.2. The van der Waals surface area contributed by atoms with E-state index in [0.29, 0.717) is 23.7 Å².